The molecule has 0 N–H and O–H groups in total. The van der Waals surface area contributed by atoms with Gasteiger partial charge in [-0.25, -0.2) is 4.98 Å². The first-order valence-electron chi connectivity index (χ1n) is 4.80. The SMILES string of the molecule is CCOc1nc2ccccc2cc1C. The van der Waals surface area contributed by atoms with Gasteiger partial charge in [-0.2, -0.15) is 0 Å². The molecule has 0 saturated heterocycles. The van der Waals surface area contributed by atoms with Gasteiger partial charge in [-0.15, -0.1) is 0 Å². The van der Waals surface area contributed by atoms with E-state index in [2.05, 4.69) is 17.1 Å². The molecule has 0 aliphatic heterocycles. The summed E-state index contributed by atoms with van der Waals surface area (Å²) in [5, 5.41) is 1.16. The van der Waals surface area contributed by atoms with Gasteiger partial charge in [0.1, 0.15) is 0 Å². The number of aryl methyl sites for hydroxylation is 1. The monoisotopic (exact) mass is 187 g/mol. The van der Waals surface area contributed by atoms with Crippen LogP contribution in [0.25, 0.3) is 10.9 Å². The Morgan fingerprint density at radius 3 is 2.86 bits per heavy atom. The molecule has 0 aliphatic carbocycles. The number of pyridine rings is 1. The Kier molecular flexibility index (Phi) is 2.35. The minimum absolute atomic E-state index is 0.659. The number of benzene rings is 1. The van der Waals surface area contributed by atoms with E-state index < -0.39 is 0 Å². The Balaban J connectivity index is 2.59. The van der Waals surface area contributed by atoms with Crippen molar-refractivity contribution in [2.24, 2.45) is 0 Å². The molecule has 2 rings (SSSR count). The highest BCUT2D eigenvalue weighted by Crippen LogP contribution is 2.20. The first-order valence-corrected chi connectivity index (χ1v) is 4.80. The molecule has 2 aromatic rings. The van der Waals surface area contributed by atoms with Gasteiger partial charge in [-0.1, -0.05) is 18.2 Å². The van der Waals surface area contributed by atoms with Crippen LogP contribution in [0.15, 0.2) is 30.3 Å². The summed E-state index contributed by atoms with van der Waals surface area (Å²) < 4.78 is 5.43. The molecular formula is C12H13NO. The standard InChI is InChI=1S/C12H13NO/c1-3-14-12-9(2)8-10-6-4-5-7-11(10)13-12/h4-8H,3H2,1-2H3. The van der Waals surface area contributed by atoms with Crippen molar-refractivity contribution >= 4 is 10.9 Å². The molecule has 0 bridgehead atoms. The van der Waals surface area contributed by atoms with Crippen LogP contribution in [0.5, 0.6) is 5.88 Å². The van der Waals surface area contributed by atoms with Gasteiger partial charge >= 0.3 is 0 Å². The fourth-order valence-corrected chi connectivity index (χ4v) is 1.49. The molecule has 0 spiro atoms. The van der Waals surface area contributed by atoms with Crippen molar-refractivity contribution < 1.29 is 4.74 Å². The molecule has 1 aromatic carbocycles. The largest absolute Gasteiger partial charge is 0.478 e. The fourth-order valence-electron chi connectivity index (χ4n) is 1.49. The second-order valence-electron chi connectivity index (χ2n) is 3.24. The quantitative estimate of drug-likeness (QED) is 0.721. The van der Waals surface area contributed by atoms with Gasteiger partial charge in [0.25, 0.3) is 0 Å². The van der Waals surface area contributed by atoms with Crippen LogP contribution in [-0.2, 0) is 0 Å². The molecule has 2 heteroatoms. The zero-order chi connectivity index (χ0) is 9.97. The summed E-state index contributed by atoms with van der Waals surface area (Å²) in [4.78, 5) is 4.44. The minimum atomic E-state index is 0.659. The molecule has 1 heterocycles. The summed E-state index contributed by atoms with van der Waals surface area (Å²) in [7, 11) is 0. The van der Waals surface area contributed by atoms with E-state index in [0.717, 1.165) is 22.3 Å². The van der Waals surface area contributed by atoms with Gasteiger partial charge < -0.3 is 4.74 Å². The van der Waals surface area contributed by atoms with Crippen molar-refractivity contribution in [2.75, 3.05) is 6.61 Å². The average Bonchev–Trinajstić information content (AvgIpc) is 2.19. The number of aromatic nitrogens is 1. The number of fused-ring (bicyclic) bond motifs is 1. The second kappa shape index (κ2) is 3.66. The third-order valence-corrected chi connectivity index (χ3v) is 2.15. The molecule has 0 atom stereocenters. The van der Waals surface area contributed by atoms with E-state index in [4.69, 9.17) is 4.74 Å². The first kappa shape index (κ1) is 9.00. The van der Waals surface area contributed by atoms with E-state index in [1.165, 1.54) is 0 Å². The molecule has 0 amide bonds. The van der Waals surface area contributed by atoms with E-state index in [1.54, 1.807) is 0 Å². The maximum absolute atomic E-state index is 5.43. The van der Waals surface area contributed by atoms with E-state index in [9.17, 15) is 0 Å². The Morgan fingerprint density at radius 1 is 1.29 bits per heavy atom. The number of nitrogens with zero attached hydrogens (tertiary/aromatic N) is 1. The number of para-hydroxylation sites is 1. The molecule has 0 radical (unpaired) electrons. The Bertz CT molecular complexity index is 451. The molecule has 0 unspecified atom stereocenters. The molecule has 0 saturated carbocycles. The van der Waals surface area contributed by atoms with Crippen molar-refractivity contribution in [3.05, 3.63) is 35.9 Å². The topological polar surface area (TPSA) is 22.1 Å². The molecule has 2 nitrogen and oxygen atoms in total. The fraction of sp³-hybridized carbons (Fsp3) is 0.250. The van der Waals surface area contributed by atoms with Crippen LogP contribution < -0.4 is 4.74 Å². The Morgan fingerprint density at radius 2 is 2.07 bits per heavy atom. The molecule has 14 heavy (non-hydrogen) atoms. The van der Waals surface area contributed by atoms with Gasteiger partial charge in [0, 0.05) is 10.9 Å². The third-order valence-electron chi connectivity index (χ3n) is 2.15. The van der Waals surface area contributed by atoms with Gasteiger partial charge in [0.15, 0.2) is 0 Å². The zero-order valence-electron chi connectivity index (χ0n) is 8.45. The number of hydrogen-bond acceptors (Lipinski definition) is 2. The van der Waals surface area contributed by atoms with Crippen molar-refractivity contribution in [2.45, 2.75) is 13.8 Å². The predicted octanol–water partition coefficient (Wildman–Crippen LogP) is 2.94. The third kappa shape index (κ3) is 1.55. The summed E-state index contributed by atoms with van der Waals surface area (Å²) in [6, 6.07) is 10.2. The lowest BCUT2D eigenvalue weighted by molar-refractivity contribution is 0.325. The van der Waals surface area contributed by atoms with Crippen LogP contribution in [0.1, 0.15) is 12.5 Å². The maximum atomic E-state index is 5.43. The van der Waals surface area contributed by atoms with Crippen molar-refractivity contribution in [3.8, 4) is 5.88 Å². The summed E-state index contributed by atoms with van der Waals surface area (Å²) in [5.74, 6) is 0.742. The minimum Gasteiger partial charge on any atom is -0.478 e. The van der Waals surface area contributed by atoms with Crippen LogP contribution in [-0.4, -0.2) is 11.6 Å². The van der Waals surface area contributed by atoms with Gasteiger partial charge in [-0.3, -0.25) is 0 Å². The number of hydrogen-bond donors (Lipinski definition) is 0. The number of ether oxygens (including phenoxy) is 1. The smallest absolute Gasteiger partial charge is 0.216 e. The van der Waals surface area contributed by atoms with E-state index in [1.807, 2.05) is 32.0 Å². The lowest BCUT2D eigenvalue weighted by Gasteiger charge is -2.06. The highest BCUT2D eigenvalue weighted by molar-refractivity contribution is 5.79. The summed E-state index contributed by atoms with van der Waals surface area (Å²) >= 11 is 0. The van der Waals surface area contributed by atoms with Crippen LogP contribution in [0.4, 0.5) is 0 Å². The van der Waals surface area contributed by atoms with Gasteiger partial charge in [0.2, 0.25) is 5.88 Å². The molecule has 0 fully saturated rings. The first-order chi connectivity index (χ1) is 6.81. The average molecular weight is 187 g/mol. The lowest BCUT2D eigenvalue weighted by atomic mass is 10.2. The Labute approximate surface area is 83.5 Å². The second-order valence-corrected chi connectivity index (χ2v) is 3.24. The predicted molar refractivity (Wildman–Crippen MR) is 57.6 cm³/mol. The summed E-state index contributed by atoms with van der Waals surface area (Å²) in [6.45, 7) is 4.65. The lowest BCUT2D eigenvalue weighted by Crippen LogP contribution is -1.97. The molecule has 1 aromatic heterocycles. The molecular weight excluding hydrogens is 174 g/mol. The van der Waals surface area contributed by atoms with Crippen molar-refractivity contribution in [3.63, 3.8) is 0 Å². The summed E-state index contributed by atoms with van der Waals surface area (Å²) in [6.07, 6.45) is 0. The van der Waals surface area contributed by atoms with Crippen LogP contribution in [0, 0.1) is 6.92 Å². The van der Waals surface area contributed by atoms with Crippen LogP contribution in [0.2, 0.25) is 0 Å². The van der Waals surface area contributed by atoms with Gasteiger partial charge in [-0.05, 0) is 26.0 Å². The molecule has 72 valence electrons. The highest BCUT2D eigenvalue weighted by atomic mass is 16.5. The summed E-state index contributed by atoms with van der Waals surface area (Å²) in [5.41, 5.74) is 2.08. The highest BCUT2D eigenvalue weighted by Gasteiger charge is 2.02. The van der Waals surface area contributed by atoms with Crippen molar-refractivity contribution in [1.82, 2.24) is 4.98 Å². The van der Waals surface area contributed by atoms with Crippen molar-refractivity contribution in [1.29, 1.82) is 0 Å². The van der Waals surface area contributed by atoms with Crippen LogP contribution in [0.3, 0.4) is 0 Å². The van der Waals surface area contributed by atoms with E-state index in [0.29, 0.717) is 6.61 Å². The number of rotatable bonds is 2. The normalized spacial score (nSPS) is 10.4. The molecule has 0 aliphatic rings. The Hall–Kier alpha value is -1.57. The van der Waals surface area contributed by atoms with E-state index in [-0.39, 0.29) is 0 Å². The zero-order valence-corrected chi connectivity index (χ0v) is 8.45. The maximum Gasteiger partial charge on any atom is 0.216 e. The van der Waals surface area contributed by atoms with E-state index >= 15 is 0 Å². The van der Waals surface area contributed by atoms with Crippen LogP contribution >= 0.6 is 0 Å². The van der Waals surface area contributed by atoms with Gasteiger partial charge in [0.05, 0.1) is 12.1 Å².